The molecule has 0 spiro atoms. The topological polar surface area (TPSA) is 81.2 Å². The van der Waals surface area contributed by atoms with Gasteiger partial charge in [0.15, 0.2) is 0 Å². The van der Waals surface area contributed by atoms with Crippen LogP contribution in [0.2, 0.25) is 0 Å². The molecule has 0 aliphatic carbocycles. The van der Waals surface area contributed by atoms with Gasteiger partial charge in [-0.25, -0.2) is 0 Å². The molecule has 1 rings (SSSR count). The van der Waals surface area contributed by atoms with E-state index < -0.39 is 4.92 Å². The van der Waals surface area contributed by atoms with Crippen molar-refractivity contribution in [1.29, 1.82) is 0 Å². The zero-order valence-corrected chi connectivity index (χ0v) is 12.4. The van der Waals surface area contributed by atoms with Gasteiger partial charge in [0.25, 0.3) is 5.69 Å². The van der Waals surface area contributed by atoms with Crippen LogP contribution in [0.3, 0.4) is 0 Å². The molecular weight excluding hydrogens is 262 g/mol. The number of nitrogens with one attached hydrogen (secondary N) is 1. The van der Waals surface area contributed by atoms with Crippen molar-refractivity contribution in [2.24, 2.45) is 0 Å². The van der Waals surface area contributed by atoms with Crippen LogP contribution in [0.5, 0.6) is 0 Å². The van der Waals surface area contributed by atoms with Gasteiger partial charge in [0.1, 0.15) is 5.69 Å². The number of nitro groups is 1. The number of thioether (sulfide) groups is 1. The quantitative estimate of drug-likeness (QED) is 0.454. The molecule has 19 heavy (non-hydrogen) atoms. The normalized spacial score (nSPS) is 11.3. The fourth-order valence-corrected chi connectivity index (χ4v) is 2.75. The van der Waals surface area contributed by atoms with Crippen molar-refractivity contribution in [1.82, 2.24) is 0 Å². The molecule has 0 aromatic heterocycles. The van der Waals surface area contributed by atoms with Gasteiger partial charge in [0.2, 0.25) is 0 Å². The third-order valence-corrected chi connectivity index (χ3v) is 5.15. The minimum atomic E-state index is -0.469. The molecule has 0 unspecified atom stereocenters. The average Bonchev–Trinajstić information content (AvgIpc) is 2.40. The van der Waals surface area contributed by atoms with E-state index in [1.165, 1.54) is 6.07 Å². The van der Waals surface area contributed by atoms with Crippen molar-refractivity contribution in [3.05, 3.63) is 28.3 Å². The monoisotopic (exact) mass is 283 g/mol. The van der Waals surface area contributed by atoms with Crippen LogP contribution in [-0.4, -0.2) is 22.5 Å². The lowest BCUT2D eigenvalue weighted by Crippen LogP contribution is -2.31. The SMILES string of the molecule is CCC(CC)(CNc1ccc([N+](=O)[O-])c(N)c1)SC. The summed E-state index contributed by atoms with van der Waals surface area (Å²) in [4.78, 5) is 10.2. The zero-order chi connectivity index (χ0) is 14.5. The Morgan fingerprint density at radius 2 is 2.05 bits per heavy atom. The molecule has 106 valence electrons. The standard InChI is InChI=1S/C13H21N3O2S/c1-4-13(5-2,19-3)9-15-10-6-7-12(16(17)18)11(14)8-10/h6-8,15H,4-5,9,14H2,1-3H3. The van der Waals surface area contributed by atoms with Gasteiger partial charge >= 0.3 is 0 Å². The fraction of sp³-hybridized carbons (Fsp3) is 0.538. The van der Waals surface area contributed by atoms with Crippen molar-refractivity contribution in [3.63, 3.8) is 0 Å². The van der Waals surface area contributed by atoms with Gasteiger partial charge in [-0.15, -0.1) is 0 Å². The molecule has 0 saturated carbocycles. The van der Waals surface area contributed by atoms with E-state index in [0.717, 1.165) is 25.1 Å². The molecule has 1 aromatic rings. The molecule has 0 fully saturated rings. The fourth-order valence-electron chi connectivity index (χ4n) is 1.95. The first kappa shape index (κ1) is 15.6. The van der Waals surface area contributed by atoms with Crippen molar-refractivity contribution in [2.45, 2.75) is 31.4 Å². The number of nitrogens with zero attached hydrogens (tertiary/aromatic N) is 1. The van der Waals surface area contributed by atoms with Crippen LogP contribution in [0.25, 0.3) is 0 Å². The van der Waals surface area contributed by atoms with Crippen LogP contribution in [-0.2, 0) is 0 Å². The Morgan fingerprint density at radius 3 is 2.47 bits per heavy atom. The average molecular weight is 283 g/mol. The van der Waals surface area contributed by atoms with Crippen molar-refractivity contribution in [3.8, 4) is 0 Å². The van der Waals surface area contributed by atoms with Crippen LogP contribution in [0, 0.1) is 10.1 Å². The molecule has 0 aliphatic rings. The summed E-state index contributed by atoms with van der Waals surface area (Å²) in [5.41, 5.74) is 6.64. The van der Waals surface area contributed by atoms with Crippen LogP contribution in [0.15, 0.2) is 18.2 Å². The van der Waals surface area contributed by atoms with Crippen molar-refractivity contribution < 1.29 is 4.92 Å². The van der Waals surface area contributed by atoms with Crippen molar-refractivity contribution >= 4 is 28.8 Å². The summed E-state index contributed by atoms with van der Waals surface area (Å²) in [6.45, 7) is 5.16. The molecule has 0 atom stereocenters. The van der Waals surface area contributed by atoms with Gasteiger partial charge in [-0.2, -0.15) is 11.8 Å². The second kappa shape index (κ2) is 6.65. The van der Waals surface area contributed by atoms with E-state index in [-0.39, 0.29) is 16.1 Å². The Kier molecular flexibility index (Phi) is 5.47. The summed E-state index contributed by atoms with van der Waals surface area (Å²) in [6.07, 6.45) is 4.25. The van der Waals surface area contributed by atoms with E-state index in [1.807, 2.05) is 11.8 Å². The molecule has 0 amide bonds. The first-order chi connectivity index (χ1) is 8.98. The van der Waals surface area contributed by atoms with E-state index >= 15 is 0 Å². The first-order valence-electron chi connectivity index (χ1n) is 6.31. The lowest BCUT2D eigenvalue weighted by atomic mass is 10.0. The maximum Gasteiger partial charge on any atom is 0.292 e. The summed E-state index contributed by atoms with van der Waals surface area (Å²) >= 11 is 1.85. The zero-order valence-electron chi connectivity index (χ0n) is 11.6. The Balaban J connectivity index is 2.78. The van der Waals surface area contributed by atoms with Crippen LogP contribution in [0.4, 0.5) is 17.1 Å². The number of rotatable bonds is 7. The second-order valence-electron chi connectivity index (χ2n) is 4.48. The number of nitrogens with two attached hydrogens (primary N) is 1. The van der Waals surface area contributed by atoms with Gasteiger partial charge in [-0.1, -0.05) is 13.8 Å². The van der Waals surface area contributed by atoms with E-state index in [2.05, 4.69) is 25.4 Å². The molecule has 0 aliphatic heterocycles. The van der Waals surface area contributed by atoms with Crippen molar-refractivity contribution in [2.75, 3.05) is 23.9 Å². The number of anilines is 2. The maximum absolute atomic E-state index is 10.7. The van der Waals surface area contributed by atoms with Crippen LogP contribution < -0.4 is 11.1 Å². The smallest absolute Gasteiger partial charge is 0.292 e. The number of nitrogen functional groups attached to an aromatic ring is 1. The lowest BCUT2D eigenvalue weighted by Gasteiger charge is -2.30. The van der Waals surface area contributed by atoms with Gasteiger partial charge in [0.05, 0.1) is 4.92 Å². The first-order valence-corrected chi connectivity index (χ1v) is 7.53. The van der Waals surface area contributed by atoms with Gasteiger partial charge in [-0.05, 0) is 31.2 Å². The number of benzene rings is 1. The largest absolute Gasteiger partial charge is 0.393 e. The van der Waals surface area contributed by atoms with E-state index in [0.29, 0.717) is 0 Å². The predicted molar refractivity (Wildman–Crippen MR) is 82.8 cm³/mol. The molecular formula is C13H21N3O2S. The summed E-state index contributed by atoms with van der Waals surface area (Å²) in [5, 5.41) is 14.0. The Labute approximate surface area is 118 Å². The Morgan fingerprint density at radius 1 is 1.42 bits per heavy atom. The molecule has 0 heterocycles. The van der Waals surface area contributed by atoms with Gasteiger partial charge in [-0.3, -0.25) is 10.1 Å². The van der Waals surface area contributed by atoms with Crippen LogP contribution >= 0.6 is 11.8 Å². The summed E-state index contributed by atoms with van der Waals surface area (Å²) < 4.78 is 0.191. The highest BCUT2D eigenvalue weighted by Crippen LogP contribution is 2.31. The summed E-state index contributed by atoms with van der Waals surface area (Å²) in [7, 11) is 0. The van der Waals surface area contributed by atoms with Gasteiger partial charge < -0.3 is 11.1 Å². The summed E-state index contributed by atoms with van der Waals surface area (Å²) in [6, 6.07) is 4.76. The number of hydrogen-bond acceptors (Lipinski definition) is 5. The molecule has 0 bridgehead atoms. The minimum absolute atomic E-state index is 0.0485. The molecule has 1 aromatic carbocycles. The molecule has 6 heteroatoms. The number of nitro benzene ring substituents is 1. The Hall–Kier alpha value is -1.43. The molecule has 0 saturated heterocycles. The predicted octanol–water partition coefficient (Wildman–Crippen LogP) is 3.51. The Bertz CT molecular complexity index is 439. The highest BCUT2D eigenvalue weighted by molar-refractivity contribution is 8.00. The highest BCUT2D eigenvalue weighted by Gasteiger charge is 2.24. The van der Waals surface area contributed by atoms with E-state index in [9.17, 15) is 10.1 Å². The molecule has 0 radical (unpaired) electrons. The van der Waals surface area contributed by atoms with E-state index in [1.54, 1.807) is 12.1 Å². The second-order valence-corrected chi connectivity index (χ2v) is 5.75. The van der Waals surface area contributed by atoms with Gasteiger partial charge in [0, 0.05) is 23.0 Å². The number of hydrogen-bond donors (Lipinski definition) is 2. The van der Waals surface area contributed by atoms with Crippen LogP contribution in [0.1, 0.15) is 26.7 Å². The van der Waals surface area contributed by atoms with E-state index in [4.69, 9.17) is 5.73 Å². The molecule has 3 N–H and O–H groups in total. The molecule has 5 nitrogen and oxygen atoms in total. The summed E-state index contributed by atoms with van der Waals surface area (Å²) in [5.74, 6) is 0. The maximum atomic E-state index is 10.7. The highest BCUT2D eigenvalue weighted by atomic mass is 32.2. The lowest BCUT2D eigenvalue weighted by molar-refractivity contribution is -0.383. The minimum Gasteiger partial charge on any atom is -0.393 e. The third kappa shape index (κ3) is 3.76. The third-order valence-electron chi connectivity index (χ3n) is 3.56.